The second-order valence-electron chi connectivity index (χ2n) is 4.03. The molecule has 0 atom stereocenters. The van der Waals surface area contributed by atoms with E-state index in [1.165, 1.54) is 17.4 Å². The average Bonchev–Trinajstić information content (AvgIpc) is 2.97. The Morgan fingerprint density at radius 2 is 2.38 bits per heavy atom. The maximum atomic E-state index is 11.7. The average molecular weight is 330 g/mol. The van der Waals surface area contributed by atoms with Gasteiger partial charge in [-0.15, -0.1) is 11.3 Å². The van der Waals surface area contributed by atoms with Crippen LogP contribution in [0.5, 0.6) is 0 Å². The topological polar surface area (TPSA) is 102 Å². The largest absolute Gasteiger partial charge is 0.445 e. The molecule has 0 spiro atoms. The van der Waals surface area contributed by atoms with E-state index in [2.05, 4.69) is 21.0 Å². The first-order chi connectivity index (χ1) is 9.93. The number of hydrogen-bond donors (Lipinski definition) is 2. The van der Waals surface area contributed by atoms with Crippen LogP contribution in [0.25, 0.3) is 4.83 Å². The molecule has 0 aliphatic rings. The number of carbonyl (C=O) groups excluding carboxylic acids is 1. The van der Waals surface area contributed by atoms with Crippen molar-refractivity contribution in [1.82, 2.24) is 18.8 Å². The number of amides is 1. The first-order valence-electron chi connectivity index (χ1n) is 5.88. The molecule has 2 aromatic heterocycles. The third kappa shape index (κ3) is 3.80. The summed E-state index contributed by atoms with van der Waals surface area (Å²) in [6.07, 6.45) is 3.64. The highest BCUT2D eigenvalue weighted by Gasteiger charge is 2.16. The van der Waals surface area contributed by atoms with E-state index in [1.807, 2.05) is 11.3 Å². The van der Waals surface area contributed by atoms with Crippen molar-refractivity contribution in [2.24, 2.45) is 0 Å². The van der Waals surface area contributed by atoms with Crippen LogP contribution in [-0.4, -0.2) is 30.5 Å². The molecular formula is C11H14N4O4S2. The second-order valence-corrected chi connectivity index (χ2v) is 6.64. The van der Waals surface area contributed by atoms with Crippen molar-refractivity contribution >= 4 is 32.5 Å². The molecule has 114 valence electrons. The monoisotopic (exact) mass is 330 g/mol. The van der Waals surface area contributed by atoms with Crippen molar-refractivity contribution in [2.45, 2.75) is 13.5 Å². The van der Waals surface area contributed by atoms with Gasteiger partial charge in [0.25, 0.3) is 0 Å². The van der Waals surface area contributed by atoms with Crippen LogP contribution in [0.15, 0.2) is 25.2 Å². The molecule has 2 N–H and O–H groups in total. The number of aryl methyl sites for hydroxylation is 1. The lowest BCUT2D eigenvalue weighted by Gasteiger charge is -2.07. The minimum atomic E-state index is -3.97. The highest BCUT2D eigenvalue weighted by Crippen LogP contribution is 2.22. The van der Waals surface area contributed by atoms with Crippen molar-refractivity contribution in [3.05, 3.63) is 35.8 Å². The fourth-order valence-electron chi connectivity index (χ4n) is 1.58. The summed E-state index contributed by atoms with van der Waals surface area (Å²) in [6, 6.07) is 0. The summed E-state index contributed by atoms with van der Waals surface area (Å²) in [5.74, 6) is 0. The summed E-state index contributed by atoms with van der Waals surface area (Å²) in [6.45, 7) is 5.22. The van der Waals surface area contributed by atoms with Gasteiger partial charge in [0.15, 0.2) is 0 Å². The Hall–Kier alpha value is -1.91. The zero-order valence-electron chi connectivity index (χ0n) is 11.2. The van der Waals surface area contributed by atoms with Crippen LogP contribution in [-0.2, 0) is 21.5 Å². The van der Waals surface area contributed by atoms with Crippen molar-refractivity contribution < 1.29 is 17.9 Å². The zero-order chi connectivity index (χ0) is 15.5. The highest BCUT2D eigenvalue weighted by molar-refractivity contribution is 7.88. The SMILES string of the molecule is C=CCOC(=O)NS(=O)(=O)NCc1sc2cncn2c1C. The molecule has 0 aromatic carbocycles. The summed E-state index contributed by atoms with van der Waals surface area (Å²) in [5, 5.41) is 0. The lowest BCUT2D eigenvalue weighted by Crippen LogP contribution is -2.40. The number of nitrogens with one attached hydrogen (secondary N) is 2. The van der Waals surface area contributed by atoms with E-state index < -0.39 is 16.3 Å². The van der Waals surface area contributed by atoms with Gasteiger partial charge in [-0.3, -0.25) is 4.40 Å². The number of hydrogen-bond acceptors (Lipinski definition) is 6. The van der Waals surface area contributed by atoms with Crippen LogP contribution in [0, 0.1) is 6.92 Å². The smallest absolute Gasteiger partial charge is 0.422 e. The Labute approximate surface area is 125 Å². The summed E-state index contributed by atoms with van der Waals surface area (Å²) >= 11 is 1.42. The predicted octanol–water partition coefficient (Wildman–Crippen LogP) is 0.951. The third-order valence-corrected chi connectivity index (χ3v) is 4.73. The number of nitrogens with zero attached hydrogens (tertiary/aromatic N) is 2. The van der Waals surface area contributed by atoms with Crippen LogP contribution < -0.4 is 9.44 Å². The molecule has 0 saturated heterocycles. The molecule has 21 heavy (non-hydrogen) atoms. The molecule has 0 bridgehead atoms. The van der Waals surface area contributed by atoms with Gasteiger partial charge in [0.2, 0.25) is 0 Å². The van der Waals surface area contributed by atoms with Crippen LogP contribution >= 0.6 is 11.3 Å². The molecule has 0 saturated carbocycles. The van der Waals surface area contributed by atoms with E-state index >= 15 is 0 Å². The van der Waals surface area contributed by atoms with E-state index in [0.717, 1.165) is 15.4 Å². The van der Waals surface area contributed by atoms with Crippen molar-refractivity contribution in [1.29, 1.82) is 0 Å². The van der Waals surface area contributed by atoms with Gasteiger partial charge < -0.3 is 4.74 Å². The van der Waals surface area contributed by atoms with Crippen LogP contribution in [0.4, 0.5) is 4.79 Å². The predicted molar refractivity (Wildman–Crippen MR) is 78.2 cm³/mol. The van der Waals surface area contributed by atoms with Gasteiger partial charge in [0.1, 0.15) is 17.8 Å². The molecule has 10 heteroatoms. The standard InChI is InChI=1S/C11H14N4O4S2/c1-3-4-19-11(16)14-21(17,18)13-5-9-8(2)15-7-12-6-10(15)20-9/h3,6-7,13H,1,4-5H2,2H3,(H,14,16). The van der Waals surface area contributed by atoms with Crippen LogP contribution in [0.2, 0.25) is 0 Å². The maximum absolute atomic E-state index is 11.7. The van der Waals surface area contributed by atoms with Crippen LogP contribution in [0.1, 0.15) is 10.6 Å². The van der Waals surface area contributed by atoms with Gasteiger partial charge in [-0.2, -0.15) is 13.1 Å². The Bertz CT molecular complexity index is 762. The molecular weight excluding hydrogens is 316 g/mol. The fraction of sp³-hybridized carbons (Fsp3) is 0.273. The minimum Gasteiger partial charge on any atom is -0.445 e. The van der Waals surface area contributed by atoms with Crippen molar-refractivity contribution in [3.8, 4) is 0 Å². The molecule has 1 amide bonds. The van der Waals surface area contributed by atoms with Gasteiger partial charge in [-0.25, -0.2) is 14.5 Å². The van der Waals surface area contributed by atoms with E-state index in [0.29, 0.717) is 0 Å². The molecule has 0 aliphatic carbocycles. The third-order valence-electron chi connectivity index (χ3n) is 2.57. The lowest BCUT2D eigenvalue weighted by atomic mass is 10.4. The molecule has 8 nitrogen and oxygen atoms in total. The summed E-state index contributed by atoms with van der Waals surface area (Å²) in [5.41, 5.74) is 0.893. The molecule has 0 fully saturated rings. The first-order valence-corrected chi connectivity index (χ1v) is 8.18. The van der Waals surface area contributed by atoms with E-state index in [4.69, 9.17) is 0 Å². The van der Waals surface area contributed by atoms with Gasteiger partial charge in [0, 0.05) is 17.1 Å². The van der Waals surface area contributed by atoms with Gasteiger partial charge in [-0.05, 0) is 6.92 Å². The maximum Gasteiger partial charge on any atom is 0.422 e. The summed E-state index contributed by atoms with van der Waals surface area (Å²) in [4.78, 5) is 16.9. The zero-order valence-corrected chi connectivity index (χ0v) is 12.8. The quantitative estimate of drug-likeness (QED) is 0.768. The van der Waals surface area contributed by atoms with Gasteiger partial charge in [0.05, 0.1) is 6.20 Å². The number of rotatable bonds is 6. The Morgan fingerprint density at radius 3 is 3.05 bits per heavy atom. The molecule has 2 rings (SSSR count). The number of fused-ring (bicyclic) bond motifs is 1. The van der Waals surface area contributed by atoms with E-state index in [-0.39, 0.29) is 13.2 Å². The fourth-order valence-corrected chi connectivity index (χ4v) is 3.39. The summed E-state index contributed by atoms with van der Waals surface area (Å²) < 4.78 is 33.8. The highest BCUT2D eigenvalue weighted by atomic mass is 32.2. The number of carbonyl (C=O) groups is 1. The lowest BCUT2D eigenvalue weighted by molar-refractivity contribution is 0.165. The molecule has 0 unspecified atom stereocenters. The number of aromatic nitrogens is 2. The Morgan fingerprint density at radius 1 is 1.62 bits per heavy atom. The molecule has 0 aliphatic heterocycles. The van der Waals surface area contributed by atoms with Gasteiger partial charge in [-0.1, -0.05) is 12.7 Å². The summed E-state index contributed by atoms with van der Waals surface area (Å²) in [7, 11) is -3.97. The second kappa shape index (κ2) is 6.24. The number of ether oxygens (including phenoxy) is 1. The number of imidazole rings is 1. The Kier molecular flexibility index (Phi) is 4.60. The van der Waals surface area contributed by atoms with Crippen LogP contribution in [0.3, 0.4) is 0 Å². The minimum absolute atomic E-state index is 0.0656. The molecule has 2 heterocycles. The normalized spacial score (nSPS) is 11.5. The van der Waals surface area contributed by atoms with E-state index in [9.17, 15) is 13.2 Å². The van der Waals surface area contributed by atoms with Crippen molar-refractivity contribution in [3.63, 3.8) is 0 Å². The first kappa shape index (κ1) is 15.5. The van der Waals surface area contributed by atoms with E-state index in [1.54, 1.807) is 17.2 Å². The van der Waals surface area contributed by atoms with Crippen molar-refractivity contribution in [2.75, 3.05) is 6.61 Å². The Balaban J connectivity index is 1.97. The molecule has 0 radical (unpaired) electrons. The van der Waals surface area contributed by atoms with Gasteiger partial charge >= 0.3 is 16.3 Å². The number of thiazole rings is 1. The molecule has 2 aromatic rings.